The van der Waals surface area contributed by atoms with E-state index in [4.69, 9.17) is 16.3 Å². The lowest BCUT2D eigenvalue weighted by Crippen LogP contribution is -2.47. The summed E-state index contributed by atoms with van der Waals surface area (Å²) in [4.78, 5) is 32.2. The summed E-state index contributed by atoms with van der Waals surface area (Å²) in [5.41, 5.74) is 0.715. The van der Waals surface area contributed by atoms with E-state index in [0.717, 1.165) is 5.56 Å². The average molecular weight is 477 g/mol. The van der Waals surface area contributed by atoms with Crippen LogP contribution in [-0.2, 0) is 17.8 Å². The normalized spacial score (nSPS) is 15.1. The van der Waals surface area contributed by atoms with E-state index < -0.39 is 17.7 Å². The molecule has 0 radical (unpaired) electrons. The van der Waals surface area contributed by atoms with Gasteiger partial charge in [-0.3, -0.25) is 4.79 Å². The summed E-state index contributed by atoms with van der Waals surface area (Å²) in [6.45, 7) is 12.2. The standard InChI is InChI=1S/C24H33ClN4O4/c1-23(2,3)18(14-30)26-21(31)19-17-13-28(22(32)33-24(4,5)6)11-12-29(17)20(27-19)15-7-9-16(25)10-8-15/h7-10,18,30H,11-14H2,1-6H3,(H,26,31). The van der Waals surface area contributed by atoms with Gasteiger partial charge < -0.3 is 24.6 Å². The summed E-state index contributed by atoms with van der Waals surface area (Å²) < 4.78 is 7.50. The fourth-order valence-electron chi connectivity index (χ4n) is 3.61. The summed E-state index contributed by atoms with van der Waals surface area (Å²) in [6.07, 6.45) is -0.433. The van der Waals surface area contributed by atoms with Crippen LogP contribution in [0.5, 0.6) is 0 Å². The molecule has 0 aliphatic carbocycles. The molecule has 33 heavy (non-hydrogen) atoms. The predicted molar refractivity (Wildman–Crippen MR) is 127 cm³/mol. The van der Waals surface area contributed by atoms with E-state index in [9.17, 15) is 14.7 Å². The van der Waals surface area contributed by atoms with Gasteiger partial charge in [-0.2, -0.15) is 0 Å². The van der Waals surface area contributed by atoms with Crippen molar-refractivity contribution in [1.29, 1.82) is 0 Å². The van der Waals surface area contributed by atoms with Gasteiger partial charge >= 0.3 is 6.09 Å². The average Bonchev–Trinajstić information content (AvgIpc) is 3.09. The first-order valence-corrected chi connectivity index (χ1v) is 11.4. The zero-order valence-corrected chi connectivity index (χ0v) is 20.9. The number of carbonyl (C=O) groups excluding carboxylic acids is 2. The van der Waals surface area contributed by atoms with Crippen LogP contribution in [0.1, 0.15) is 57.7 Å². The molecule has 0 spiro atoms. The van der Waals surface area contributed by atoms with Crippen LogP contribution in [0.2, 0.25) is 5.02 Å². The molecular formula is C24H33ClN4O4. The number of ether oxygens (including phenoxy) is 1. The second-order valence-corrected chi connectivity index (χ2v) is 10.8. The molecule has 2 N–H and O–H groups in total. The highest BCUT2D eigenvalue weighted by Crippen LogP contribution is 2.29. The van der Waals surface area contributed by atoms with Gasteiger partial charge in [0.25, 0.3) is 5.91 Å². The van der Waals surface area contributed by atoms with Gasteiger partial charge in [0.15, 0.2) is 5.69 Å². The molecule has 2 heterocycles. The number of benzene rings is 1. The van der Waals surface area contributed by atoms with E-state index in [1.807, 2.05) is 58.2 Å². The molecule has 8 nitrogen and oxygen atoms in total. The lowest BCUT2D eigenvalue weighted by Gasteiger charge is -2.32. The van der Waals surface area contributed by atoms with Crippen LogP contribution < -0.4 is 5.32 Å². The molecule has 9 heteroatoms. The van der Waals surface area contributed by atoms with Crippen LogP contribution in [0.3, 0.4) is 0 Å². The number of fused-ring (bicyclic) bond motifs is 1. The van der Waals surface area contributed by atoms with Gasteiger partial charge in [-0.1, -0.05) is 32.4 Å². The number of rotatable bonds is 4. The summed E-state index contributed by atoms with van der Waals surface area (Å²) in [6, 6.07) is 6.80. The lowest BCUT2D eigenvalue weighted by molar-refractivity contribution is 0.0198. The van der Waals surface area contributed by atoms with Crippen molar-refractivity contribution in [2.75, 3.05) is 13.2 Å². The van der Waals surface area contributed by atoms with Gasteiger partial charge in [0.1, 0.15) is 11.4 Å². The number of hydrogen-bond donors (Lipinski definition) is 2. The molecule has 3 rings (SSSR count). The number of aliphatic hydroxyl groups is 1. The summed E-state index contributed by atoms with van der Waals surface area (Å²) in [5.74, 6) is 0.242. The number of aromatic nitrogens is 2. The second-order valence-electron chi connectivity index (χ2n) is 10.4. The van der Waals surface area contributed by atoms with Crippen molar-refractivity contribution in [3.8, 4) is 11.4 Å². The van der Waals surface area contributed by atoms with Crippen LogP contribution in [0, 0.1) is 5.41 Å². The number of halogens is 1. The van der Waals surface area contributed by atoms with Crippen LogP contribution in [0.25, 0.3) is 11.4 Å². The van der Waals surface area contributed by atoms with E-state index >= 15 is 0 Å². The minimum atomic E-state index is -0.621. The molecule has 2 aromatic rings. The van der Waals surface area contributed by atoms with E-state index in [2.05, 4.69) is 10.3 Å². The van der Waals surface area contributed by atoms with E-state index in [0.29, 0.717) is 29.6 Å². The molecule has 1 aromatic carbocycles. The number of hydrogen-bond acceptors (Lipinski definition) is 5. The van der Waals surface area contributed by atoms with Crippen LogP contribution in [0.15, 0.2) is 24.3 Å². The third kappa shape index (κ3) is 5.86. The molecular weight excluding hydrogens is 444 g/mol. The Balaban J connectivity index is 2.00. The third-order valence-electron chi connectivity index (χ3n) is 5.51. The number of amides is 2. The van der Waals surface area contributed by atoms with Crippen molar-refractivity contribution in [3.05, 3.63) is 40.7 Å². The second kappa shape index (κ2) is 9.35. The van der Waals surface area contributed by atoms with Crippen LogP contribution in [0.4, 0.5) is 4.79 Å². The van der Waals surface area contributed by atoms with Gasteiger partial charge in [0.05, 0.1) is 24.9 Å². The monoisotopic (exact) mass is 476 g/mol. The Morgan fingerprint density at radius 2 is 1.79 bits per heavy atom. The first kappa shape index (κ1) is 25.1. The Labute approximate surface area is 199 Å². The SMILES string of the molecule is CC(C)(C)OC(=O)N1CCn2c(-c3ccc(Cl)cc3)nc(C(=O)NC(CO)C(C)(C)C)c2C1. The van der Waals surface area contributed by atoms with Crippen molar-refractivity contribution in [1.82, 2.24) is 19.8 Å². The Bertz CT molecular complexity index is 1020. The molecule has 1 aromatic heterocycles. The Hall–Kier alpha value is -2.58. The fraction of sp³-hybridized carbons (Fsp3) is 0.542. The van der Waals surface area contributed by atoms with Gasteiger partial charge in [0.2, 0.25) is 0 Å². The fourth-order valence-corrected chi connectivity index (χ4v) is 3.74. The minimum absolute atomic E-state index is 0.192. The summed E-state index contributed by atoms with van der Waals surface area (Å²) in [7, 11) is 0. The minimum Gasteiger partial charge on any atom is -0.444 e. The quantitative estimate of drug-likeness (QED) is 0.692. The topological polar surface area (TPSA) is 96.7 Å². The van der Waals surface area contributed by atoms with Crippen molar-refractivity contribution < 1.29 is 19.4 Å². The molecule has 1 aliphatic heterocycles. The molecule has 1 atom stereocenters. The highest BCUT2D eigenvalue weighted by Gasteiger charge is 2.34. The number of carbonyl (C=O) groups is 2. The van der Waals surface area contributed by atoms with E-state index in [-0.39, 0.29) is 30.2 Å². The van der Waals surface area contributed by atoms with Gasteiger partial charge in [-0.25, -0.2) is 9.78 Å². The Kier molecular flexibility index (Phi) is 7.10. The van der Waals surface area contributed by atoms with Crippen LogP contribution >= 0.6 is 11.6 Å². The number of aliphatic hydroxyl groups excluding tert-OH is 1. The maximum atomic E-state index is 13.3. The molecule has 0 saturated carbocycles. The largest absolute Gasteiger partial charge is 0.444 e. The predicted octanol–water partition coefficient (Wildman–Crippen LogP) is 4.09. The molecule has 2 amide bonds. The molecule has 1 unspecified atom stereocenters. The number of imidazole rings is 1. The van der Waals surface area contributed by atoms with Gasteiger partial charge in [-0.05, 0) is 50.5 Å². The molecule has 180 valence electrons. The van der Waals surface area contributed by atoms with E-state index in [1.165, 1.54) is 0 Å². The van der Waals surface area contributed by atoms with Gasteiger partial charge in [0, 0.05) is 23.7 Å². The van der Waals surface area contributed by atoms with Crippen molar-refractivity contribution in [2.45, 2.75) is 66.3 Å². The third-order valence-corrected chi connectivity index (χ3v) is 5.76. The lowest BCUT2D eigenvalue weighted by atomic mass is 9.87. The first-order valence-electron chi connectivity index (χ1n) is 11.0. The molecule has 0 fully saturated rings. The van der Waals surface area contributed by atoms with E-state index in [1.54, 1.807) is 17.0 Å². The zero-order chi connectivity index (χ0) is 24.6. The number of nitrogens with one attached hydrogen (secondary N) is 1. The first-order chi connectivity index (χ1) is 15.3. The highest BCUT2D eigenvalue weighted by atomic mass is 35.5. The summed E-state index contributed by atoms with van der Waals surface area (Å²) in [5, 5.41) is 13.3. The van der Waals surface area contributed by atoms with Crippen LogP contribution in [-0.4, -0.2) is 56.4 Å². The van der Waals surface area contributed by atoms with Gasteiger partial charge in [-0.15, -0.1) is 0 Å². The van der Waals surface area contributed by atoms with Crippen molar-refractivity contribution >= 4 is 23.6 Å². The maximum Gasteiger partial charge on any atom is 0.410 e. The molecule has 0 bridgehead atoms. The van der Waals surface area contributed by atoms with Crippen molar-refractivity contribution in [2.24, 2.45) is 5.41 Å². The highest BCUT2D eigenvalue weighted by molar-refractivity contribution is 6.30. The number of nitrogens with zero attached hydrogens (tertiary/aromatic N) is 3. The smallest absolute Gasteiger partial charge is 0.410 e. The molecule has 1 aliphatic rings. The maximum absolute atomic E-state index is 13.3. The Morgan fingerprint density at radius 3 is 2.33 bits per heavy atom. The Morgan fingerprint density at radius 1 is 1.15 bits per heavy atom. The summed E-state index contributed by atoms with van der Waals surface area (Å²) >= 11 is 6.05. The molecule has 0 saturated heterocycles. The zero-order valence-electron chi connectivity index (χ0n) is 20.1. The van der Waals surface area contributed by atoms with Crippen molar-refractivity contribution in [3.63, 3.8) is 0 Å².